The van der Waals surface area contributed by atoms with Crippen LogP contribution in [0.15, 0.2) is 5.38 Å². The van der Waals surface area contributed by atoms with Gasteiger partial charge in [0.05, 0.1) is 18.7 Å². The average molecular weight is 312 g/mol. The molecule has 0 bridgehead atoms. The number of carbonyl (C=O) groups excluding carboxylic acids is 2. The molecule has 1 fully saturated rings. The molecule has 2 heterocycles. The Balaban J connectivity index is 1.96. The molecule has 3 N–H and O–H groups in total. The Morgan fingerprint density at radius 2 is 2.38 bits per heavy atom. The summed E-state index contributed by atoms with van der Waals surface area (Å²) in [5.74, 6) is -1.74. The molecule has 1 aliphatic rings. The molecule has 0 spiro atoms. The van der Waals surface area contributed by atoms with E-state index in [2.05, 4.69) is 15.6 Å². The highest BCUT2D eigenvalue weighted by molar-refractivity contribution is 7.13. The largest absolute Gasteiger partial charge is 0.481 e. The maximum absolute atomic E-state index is 12.0. The van der Waals surface area contributed by atoms with E-state index in [0.717, 1.165) is 5.69 Å². The number of aliphatic carboxylic acids is 1. The summed E-state index contributed by atoms with van der Waals surface area (Å²) in [6, 6.07) is -0.819. The van der Waals surface area contributed by atoms with Gasteiger partial charge in [0.2, 0.25) is 11.8 Å². The van der Waals surface area contributed by atoms with E-state index in [4.69, 9.17) is 5.11 Å². The predicted octanol–water partition coefficient (Wildman–Crippen LogP) is -0.335. The van der Waals surface area contributed by atoms with Crippen molar-refractivity contribution < 1.29 is 19.5 Å². The zero-order valence-electron chi connectivity index (χ0n) is 11.5. The Morgan fingerprint density at radius 1 is 1.62 bits per heavy atom. The number of aromatic nitrogens is 1. The lowest BCUT2D eigenvalue weighted by atomic mass is 10.1. The summed E-state index contributed by atoms with van der Waals surface area (Å²) in [5, 5.41) is 16.4. The number of carboxylic acid groups (broad SMARTS) is 1. The fourth-order valence-electron chi connectivity index (χ4n) is 2.09. The number of piperazine rings is 1. The normalized spacial score (nSPS) is 19.1. The van der Waals surface area contributed by atoms with Crippen LogP contribution in [0, 0.1) is 6.92 Å². The number of hydrogen-bond acceptors (Lipinski definition) is 6. The standard InChI is InChI=1S/C12H16N4O4S/c1-7-6-21-12(14-7)15-9(17)5-16-3-2-13-11(20)8(16)4-10(18)19/h6,8H,2-5H2,1H3,(H,13,20)(H,18,19)(H,14,15,17). The molecule has 2 amide bonds. The van der Waals surface area contributed by atoms with E-state index in [0.29, 0.717) is 18.2 Å². The van der Waals surface area contributed by atoms with Crippen LogP contribution in [-0.4, -0.2) is 58.5 Å². The second-order valence-electron chi connectivity index (χ2n) is 4.72. The van der Waals surface area contributed by atoms with Crippen LogP contribution in [0.1, 0.15) is 12.1 Å². The van der Waals surface area contributed by atoms with Gasteiger partial charge >= 0.3 is 5.97 Å². The van der Waals surface area contributed by atoms with Crippen molar-refractivity contribution in [1.29, 1.82) is 0 Å². The van der Waals surface area contributed by atoms with Gasteiger partial charge in [-0.25, -0.2) is 4.98 Å². The quantitative estimate of drug-likeness (QED) is 0.686. The number of carbonyl (C=O) groups is 3. The van der Waals surface area contributed by atoms with Gasteiger partial charge in [-0.3, -0.25) is 19.3 Å². The molecule has 1 unspecified atom stereocenters. The first kappa shape index (κ1) is 15.4. The SMILES string of the molecule is Cc1csc(NC(=O)CN2CCNC(=O)C2CC(=O)O)n1. The van der Waals surface area contributed by atoms with E-state index < -0.39 is 12.0 Å². The number of carboxylic acids is 1. The molecule has 114 valence electrons. The molecule has 1 atom stereocenters. The third kappa shape index (κ3) is 4.23. The monoisotopic (exact) mass is 312 g/mol. The number of hydrogen-bond donors (Lipinski definition) is 3. The Bertz CT molecular complexity index is 559. The minimum Gasteiger partial charge on any atom is -0.481 e. The van der Waals surface area contributed by atoms with E-state index in [-0.39, 0.29) is 24.8 Å². The fourth-order valence-corrected chi connectivity index (χ4v) is 2.80. The number of amides is 2. The predicted molar refractivity (Wildman–Crippen MR) is 76.1 cm³/mol. The molecule has 0 aromatic carbocycles. The molecule has 1 aromatic rings. The number of anilines is 1. The van der Waals surface area contributed by atoms with E-state index in [9.17, 15) is 14.4 Å². The number of rotatable bonds is 5. The second kappa shape index (κ2) is 6.64. The Kier molecular flexibility index (Phi) is 4.86. The fraction of sp³-hybridized carbons (Fsp3) is 0.500. The van der Waals surface area contributed by atoms with Crippen LogP contribution in [-0.2, 0) is 14.4 Å². The van der Waals surface area contributed by atoms with Crippen LogP contribution < -0.4 is 10.6 Å². The summed E-state index contributed by atoms with van der Waals surface area (Å²) in [5.41, 5.74) is 0.816. The lowest BCUT2D eigenvalue weighted by molar-refractivity contribution is -0.143. The van der Waals surface area contributed by atoms with E-state index in [1.165, 1.54) is 11.3 Å². The lowest BCUT2D eigenvalue weighted by Gasteiger charge is -2.33. The molecule has 21 heavy (non-hydrogen) atoms. The molecule has 8 nitrogen and oxygen atoms in total. The summed E-state index contributed by atoms with van der Waals surface area (Å²) < 4.78 is 0. The van der Waals surface area contributed by atoms with Gasteiger partial charge in [0.25, 0.3) is 0 Å². The molecule has 9 heteroatoms. The van der Waals surface area contributed by atoms with Crippen LogP contribution in [0.4, 0.5) is 5.13 Å². The second-order valence-corrected chi connectivity index (χ2v) is 5.58. The van der Waals surface area contributed by atoms with Crippen molar-refractivity contribution in [1.82, 2.24) is 15.2 Å². The highest BCUT2D eigenvalue weighted by Gasteiger charge is 2.32. The van der Waals surface area contributed by atoms with Gasteiger partial charge < -0.3 is 15.7 Å². The van der Waals surface area contributed by atoms with Crippen LogP contribution >= 0.6 is 11.3 Å². The Hall–Kier alpha value is -2.00. The van der Waals surface area contributed by atoms with Crippen molar-refractivity contribution in [2.45, 2.75) is 19.4 Å². The summed E-state index contributed by atoms with van der Waals surface area (Å²) in [6.45, 7) is 2.63. The van der Waals surface area contributed by atoms with Crippen LogP contribution in [0.5, 0.6) is 0 Å². The molecule has 0 aliphatic carbocycles. The molecule has 0 saturated carbocycles. The van der Waals surface area contributed by atoms with Crippen molar-refractivity contribution in [2.24, 2.45) is 0 Å². The number of thiazole rings is 1. The van der Waals surface area contributed by atoms with Crippen molar-refractivity contribution in [3.8, 4) is 0 Å². The molecule has 2 rings (SSSR count). The van der Waals surface area contributed by atoms with Gasteiger partial charge in [-0.2, -0.15) is 0 Å². The van der Waals surface area contributed by atoms with E-state index in [1.54, 1.807) is 4.90 Å². The van der Waals surface area contributed by atoms with Gasteiger partial charge in [-0.1, -0.05) is 0 Å². The highest BCUT2D eigenvalue weighted by atomic mass is 32.1. The Morgan fingerprint density at radius 3 is 3.00 bits per heavy atom. The van der Waals surface area contributed by atoms with E-state index >= 15 is 0 Å². The summed E-state index contributed by atoms with van der Waals surface area (Å²) in [4.78, 5) is 40.2. The lowest BCUT2D eigenvalue weighted by Crippen LogP contribution is -2.57. The Labute approximate surface area is 125 Å². The van der Waals surface area contributed by atoms with Crippen molar-refractivity contribution >= 4 is 34.3 Å². The molecule has 1 saturated heterocycles. The average Bonchev–Trinajstić information content (AvgIpc) is 2.78. The highest BCUT2D eigenvalue weighted by Crippen LogP contribution is 2.15. The van der Waals surface area contributed by atoms with Gasteiger partial charge in [-0.15, -0.1) is 11.3 Å². The number of nitrogens with zero attached hydrogens (tertiary/aromatic N) is 2. The first-order valence-electron chi connectivity index (χ1n) is 6.41. The number of aryl methyl sites for hydroxylation is 1. The van der Waals surface area contributed by atoms with Crippen molar-refractivity contribution in [3.05, 3.63) is 11.1 Å². The molecule has 1 aromatic heterocycles. The number of nitrogens with one attached hydrogen (secondary N) is 2. The minimum absolute atomic E-state index is 0.0377. The zero-order chi connectivity index (χ0) is 15.4. The first-order chi connectivity index (χ1) is 9.95. The maximum Gasteiger partial charge on any atom is 0.305 e. The molecular formula is C12H16N4O4S. The van der Waals surface area contributed by atoms with Gasteiger partial charge in [-0.05, 0) is 6.92 Å². The van der Waals surface area contributed by atoms with Crippen LogP contribution in [0.3, 0.4) is 0 Å². The van der Waals surface area contributed by atoms with Crippen LogP contribution in [0.2, 0.25) is 0 Å². The molecule has 1 aliphatic heterocycles. The minimum atomic E-state index is -1.07. The molecular weight excluding hydrogens is 296 g/mol. The third-order valence-electron chi connectivity index (χ3n) is 3.02. The molecule has 0 radical (unpaired) electrons. The first-order valence-corrected chi connectivity index (χ1v) is 7.29. The van der Waals surface area contributed by atoms with Gasteiger partial charge in [0.15, 0.2) is 5.13 Å². The smallest absolute Gasteiger partial charge is 0.305 e. The summed E-state index contributed by atoms with van der Waals surface area (Å²) >= 11 is 1.32. The zero-order valence-corrected chi connectivity index (χ0v) is 12.3. The van der Waals surface area contributed by atoms with E-state index in [1.807, 2.05) is 12.3 Å². The summed E-state index contributed by atoms with van der Waals surface area (Å²) in [6.07, 6.45) is -0.324. The summed E-state index contributed by atoms with van der Waals surface area (Å²) in [7, 11) is 0. The van der Waals surface area contributed by atoms with Crippen molar-refractivity contribution in [3.63, 3.8) is 0 Å². The van der Waals surface area contributed by atoms with Gasteiger partial charge in [0, 0.05) is 18.5 Å². The third-order valence-corrected chi connectivity index (χ3v) is 3.90. The van der Waals surface area contributed by atoms with Crippen molar-refractivity contribution in [2.75, 3.05) is 25.0 Å². The maximum atomic E-state index is 12.0. The topological polar surface area (TPSA) is 112 Å². The van der Waals surface area contributed by atoms with Crippen LogP contribution in [0.25, 0.3) is 0 Å². The van der Waals surface area contributed by atoms with Gasteiger partial charge in [0.1, 0.15) is 6.04 Å².